The van der Waals surface area contributed by atoms with Crippen molar-refractivity contribution in [2.75, 3.05) is 51.3 Å². The number of aromatic nitrogens is 1. The molecule has 7 nitrogen and oxygen atoms in total. The Hall–Kier alpha value is -1.33. The van der Waals surface area contributed by atoms with Crippen LogP contribution in [-0.4, -0.2) is 75.5 Å². The van der Waals surface area contributed by atoms with Crippen molar-refractivity contribution in [1.29, 1.82) is 0 Å². The first-order valence-electron chi connectivity index (χ1n) is 9.00. The molecule has 27 heavy (non-hydrogen) atoms. The van der Waals surface area contributed by atoms with E-state index >= 15 is 0 Å². The summed E-state index contributed by atoms with van der Waals surface area (Å²) in [6.45, 7) is 3.60. The number of H-pyrrole nitrogens is 1. The second kappa shape index (κ2) is 10.3. The van der Waals surface area contributed by atoms with Crippen molar-refractivity contribution < 1.29 is 8.42 Å². The minimum Gasteiger partial charge on any atom is -0.361 e. The first kappa shape index (κ1) is 22.0. The third-order valence-corrected chi connectivity index (χ3v) is 6.35. The normalized spacial score (nSPS) is 17.4. The van der Waals surface area contributed by atoms with Gasteiger partial charge in [-0.1, -0.05) is 18.2 Å². The van der Waals surface area contributed by atoms with Gasteiger partial charge >= 0.3 is 0 Å². The maximum atomic E-state index is 11.4. The monoisotopic (exact) mass is 505 g/mol. The van der Waals surface area contributed by atoms with Crippen LogP contribution in [0.2, 0.25) is 0 Å². The summed E-state index contributed by atoms with van der Waals surface area (Å²) in [6, 6.07) is 8.30. The van der Waals surface area contributed by atoms with E-state index in [0.717, 1.165) is 37.5 Å². The Labute approximate surface area is 177 Å². The largest absolute Gasteiger partial charge is 0.361 e. The van der Waals surface area contributed by atoms with Gasteiger partial charge in [0.25, 0.3) is 0 Å². The number of aromatic amines is 1. The molecule has 2 aromatic rings. The average molecular weight is 505 g/mol. The van der Waals surface area contributed by atoms with Crippen molar-refractivity contribution in [3.05, 3.63) is 36.0 Å². The second-order valence-corrected chi connectivity index (χ2v) is 8.83. The molecule has 1 aliphatic rings. The van der Waals surface area contributed by atoms with Crippen LogP contribution in [-0.2, 0) is 16.3 Å². The number of aliphatic imine (C=N–C) groups is 1. The summed E-state index contributed by atoms with van der Waals surface area (Å²) in [5, 5.41) is 7.89. The van der Waals surface area contributed by atoms with E-state index in [1.807, 2.05) is 6.07 Å². The number of nitrogens with zero attached hydrogens (tertiary/aromatic N) is 2. The lowest BCUT2D eigenvalue weighted by Gasteiger charge is -2.26. The molecule has 3 rings (SSSR count). The number of halogens is 1. The number of para-hydroxylation sites is 1. The molecule has 0 saturated carbocycles. The molecule has 150 valence electrons. The Morgan fingerprint density at radius 2 is 1.89 bits per heavy atom. The van der Waals surface area contributed by atoms with Gasteiger partial charge in [-0.25, -0.2) is 8.42 Å². The standard InChI is InChI=1S/C18H27N5O2S.HI/c1-19-18(21-8-9-23-10-12-26(24,25)13-11-23)20-7-6-15-14-22-17-5-3-2-4-16(15)17;/h2-5,14,22H,6-13H2,1H3,(H2,19,20,21);1H. The number of benzene rings is 1. The molecular weight excluding hydrogens is 477 g/mol. The Balaban J connectivity index is 0.00000261. The van der Waals surface area contributed by atoms with Crippen LogP contribution in [0.1, 0.15) is 5.56 Å². The van der Waals surface area contributed by atoms with Crippen molar-refractivity contribution in [3.63, 3.8) is 0 Å². The first-order valence-corrected chi connectivity index (χ1v) is 10.8. The molecule has 0 atom stereocenters. The number of rotatable bonds is 6. The molecule has 9 heteroatoms. The van der Waals surface area contributed by atoms with Gasteiger partial charge in [-0.2, -0.15) is 0 Å². The Kier molecular flexibility index (Phi) is 8.36. The molecule has 1 fully saturated rings. The van der Waals surface area contributed by atoms with E-state index in [9.17, 15) is 8.42 Å². The van der Waals surface area contributed by atoms with E-state index in [-0.39, 0.29) is 35.5 Å². The zero-order valence-electron chi connectivity index (χ0n) is 15.6. The quantitative estimate of drug-likeness (QED) is 0.312. The summed E-state index contributed by atoms with van der Waals surface area (Å²) >= 11 is 0. The highest BCUT2D eigenvalue weighted by Crippen LogP contribution is 2.17. The van der Waals surface area contributed by atoms with E-state index in [0.29, 0.717) is 13.1 Å². The van der Waals surface area contributed by atoms with Gasteiger partial charge in [0.2, 0.25) is 0 Å². The van der Waals surface area contributed by atoms with Gasteiger partial charge in [0.1, 0.15) is 0 Å². The third-order valence-electron chi connectivity index (χ3n) is 4.74. The van der Waals surface area contributed by atoms with Crippen LogP contribution in [0.5, 0.6) is 0 Å². The van der Waals surface area contributed by atoms with Crippen LogP contribution < -0.4 is 10.6 Å². The molecule has 0 bridgehead atoms. The van der Waals surface area contributed by atoms with Gasteiger partial charge in [-0.15, -0.1) is 24.0 Å². The van der Waals surface area contributed by atoms with Gasteiger partial charge in [0.05, 0.1) is 11.5 Å². The molecule has 0 amide bonds. The highest BCUT2D eigenvalue weighted by Gasteiger charge is 2.20. The maximum absolute atomic E-state index is 11.4. The number of hydrogen-bond acceptors (Lipinski definition) is 4. The highest BCUT2D eigenvalue weighted by atomic mass is 127. The number of fused-ring (bicyclic) bond motifs is 1. The number of hydrogen-bond donors (Lipinski definition) is 3. The van der Waals surface area contributed by atoms with Crippen LogP contribution in [0.3, 0.4) is 0 Å². The highest BCUT2D eigenvalue weighted by molar-refractivity contribution is 14.0. The Morgan fingerprint density at radius 3 is 2.63 bits per heavy atom. The molecule has 0 unspecified atom stereocenters. The van der Waals surface area contributed by atoms with Gasteiger partial charge in [0, 0.05) is 56.9 Å². The third kappa shape index (κ3) is 6.35. The molecule has 0 radical (unpaired) electrons. The average Bonchev–Trinajstić information content (AvgIpc) is 3.05. The lowest BCUT2D eigenvalue weighted by molar-refractivity contribution is 0.299. The van der Waals surface area contributed by atoms with Crippen LogP contribution in [0, 0.1) is 0 Å². The van der Waals surface area contributed by atoms with E-state index in [1.165, 1.54) is 10.9 Å². The molecule has 2 heterocycles. The maximum Gasteiger partial charge on any atom is 0.191 e. The molecule has 0 spiro atoms. The molecular formula is C18H28IN5O2S. The van der Waals surface area contributed by atoms with Crippen molar-refractivity contribution in [2.24, 2.45) is 4.99 Å². The zero-order valence-corrected chi connectivity index (χ0v) is 18.7. The summed E-state index contributed by atoms with van der Waals surface area (Å²) in [6.07, 6.45) is 2.97. The lowest BCUT2D eigenvalue weighted by Crippen LogP contribution is -2.46. The van der Waals surface area contributed by atoms with Crippen LogP contribution >= 0.6 is 24.0 Å². The number of guanidine groups is 1. The fourth-order valence-electron chi connectivity index (χ4n) is 3.18. The predicted molar refractivity (Wildman–Crippen MR) is 122 cm³/mol. The predicted octanol–water partition coefficient (Wildman–Crippen LogP) is 1.22. The molecule has 1 saturated heterocycles. The summed E-state index contributed by atoms with van der Waals surface area (Å²) in [5.74, 6) is 1.31. The first-order chi connectivity index (χ1) is 12.6. The van der Waals surface area contributed by atoms with Crippen molar-refractivity contribution in [1.82, 2.24) is 20.5 Å². The molecule has 0 aliphatic carbocycles. The SMILES string of the molecule is CN=C(NCCc1c[nH]c2ccccc12)NCCN1CCS(=O)(=O)CC1.I. The smallest absolute Gasteiger partial charge is 0.191 e. The fraction of sp³-hybridized carbons (Fsp3) is 0.500. The second-order valence-electron chi connectivity index (χ2n) is 6.53. The van der Waals surface area contributed by atoms with E-state index < -0.39 is 9.84 Å². The van der Waals surface area contributed by atoms with Crippen molar-refractivity contribution in [3.8, 4) is 0 Å². The van der Waals surface area contributed by atoms with Gasteiger partial charge in [-0.05, 0) is 18.1 Å². The van der Waals surface area contributed by atoms with Gasteiger partial charge in [-0.3, -0.25) is 9.89 Å². The topological polar surface area (TPSA) is 89.6 Å². The summed E-state index contributed by atoms with van der Waals surface area (Å²) in [4.78, 5) is 9.72. The molecule has 1 aliphatic heterocycles. The summed E-state index contributed by atoms with van der Waals surface area (Å²) < 4.78 is 22.9. The summed E-state index contributed by atoms with van der Waals surface area (Å²) in [7, 11) is -1.05. The fourth-order valence-corrected chi connectivity index (χ4v) is 4.46. The number of nitrogens with one attached hydrogen (secondary N) is 3. The Bertz CT molecular complexity index is 852. The summed E-state index contributed by atoms with van der Waals surface area (Å²) in [5.41, 5.74) is 2.45. The zero-order chi connectivity index (χ0) is 18.4. The molecule has 1 aromatic heterocycles. The lowest BCUT2D eigenvalue weighted by atomic mass is 10.1. The van der Waals surface area contributed by atoms with E-state index in [2.05, 4.69) is 49.9 Å². The van der Waals surface area contributed by atoms with E-state index in [4.69, 9.17) is 0 Å². The van der Waals surface area contributed by atoms with Gasteiger partial charge < -0.3 is 15.6 Å². The minimum absolute atomic E-state index is 0. The minimum atomic E-state index is -2.81. The van der Waals surface area contributed by atoms with Crippen LogP contribution in [0.15, 0.2) is 35.5 Å². The molecule has 1 aromatic carbocycles. The van der Waals surface area contributed by atoms with Gasteiger partial charge in [0.15, 0.2) is 15.8 Å². The van der Waals surface area contributed by atoms with Crippen LogP contribution in [0.25, 0.3) is 10.9 Å². The number of sulfone groups is 1. The van der Waals surface area contributed by atoms with Crippen molar-refractivity contribution >= 4 is 50.7 Å². The van der Waals surface area contributed by atoms with Crippen LogP contribution in [0.4, 0.5) is 0 Å². The van der Waals surface area contributed by atoms with Crippen molar-refractivity contribution in [2.45, 2.75) is 6.42 Å². The molecule has 3 N–H and O–H groups in total. The van der Waals surface area contributed by atoms with E-state index in [1.54, 1.807) is 7.05 Å². The Morgan fingerprint density at radius 1 is 1.19 bits per heavy atom.